The van der Waals surface area contributed by atoms with Crippen molar-refractivity contribution < 1.29 is 9.47 Å². The minimum absolute atomic E-state index is 0.494. The molecule has 0 fully saturated rings. The highest BCUT2D eigenvalue weighted by molar-refractivity contribution is 5.59. The van der Waals surface area contributed by atoms with Crippen LogP contribution in [0.1, 0.15) is 0 Å². The van der Waals surface area contributed by atoms with Crippen molar-refractivity contribution in [3.63, 3.8) is 0 Å². The molecule has 2 aromatic carbocycles. The first-order valence-corrected chi connectivity index (χ1v) is 7.29. The number of aromatic nitrogens is 3. The summed E-state index contributed by atoms with van der Waals surface area (Å²) in [5.74, 6) is 2.35. The van der Waals surface area contributed by atoms with E-state index in [0.717, 1.165) is 28.6 Å². The molecule has 3 rings (SSSR count). The Morgan fingerprint density at radius 1 is 1.00 bits per heavy atom. The molecule has 2 N–H and O–H groups in total. The molecule has 6 nitrogen and oxygen atoms in total. The average molecular weight is 310 g/mol. The van der Waals surface area contributed by atoms with Gasteiger partial charge in [0.2, 0.25) is 0 Å². The van der Waals surface area contributed by atoms with Gasteiger partial charge in [-0.15, -0.1) is 0 Å². The number of nitrogens with two attached hydrogens (primary N) is 1. The van der Waals surface area contributed by atoms with Crippen LogP contribution in [0.25, 0.3) is 17.1 Å². The molecule has 0 spiro atoms. The second-order valence-corrected chi connectivity index (χ2v) is 4.85. The van der Waals surface area contributed by atoms with Gasteiger partial charge in [0, 0.05) is 12.1 Å². The summed E-state index contributed by atoms with van der Waals surface area (Å²) in [5, 5.41) is 4.31. The van der Waals surface area contributed by atoms with E-state index in [0.29, 0.717) is 13.2 Å². The highest BCUT2D eigenvalue weighted by Gasteiger charge is 2.09. The summed E-state index contributed by atoms with van der Waals surface area (Å²) in [6.07, 6.45) is 1.54. The predicted molar refractivity (Wildman–Crippen MR) is 87.9 cm³/mol. The Balaban J connectivity index is 1.87. The number of nitrogens with zero attached hydrogens (tertiary/aromatic N) is 3. The molecule has 0 aliphatic heterocycles. The van der Waals surface area contributed by atoms with Crippen LogP contribution in [0.15, 0.2) is 54.9 Å². The maximum Gasteiger partial charge on any atom is 0.163 e. The molecule has 118 valence electrons. The molecule has 3 aromatic rings. The van der Waals surface area contributed by atoms with Crippen molar-refractivity contribution in [1.29, 1.82) is 0 Å². The van der Waals surface area contributed by atoms with Crippen LogP contribution in [0.5, 0.6) is 11.5 Å². The summed E-state index contributed by atoms with van der Waals surface area (Å²) >= 11 is 0. The van der Waals surface area contributed by atoms with E-state index in [1.54, 1.807) is 18.1 Å². The van der Waals surface area contributed by atoms with Gasteiger partial charge in [0.15, 0.2) is 5.82 Å². The van der Waals surface area contributed by atoms with E-state index in [4.69, 9.17) is 15.2 Å². The zero-order valence-corrected chi connectivity index (χ0v) is 12.8. The van der Waals surface area contributed by atoms with Crippen molar-refractivity contribution >= 4 is 0 Å². The Hall–Kier alpha value is -2.86. The molecule has 0 radical (unpaired) electrons. The molecule has 0 unspecified atom stereocenters. The quantitative estimate of drug-likeness (QED) is 0.756. The van der Waals surface area contributed by atoms with E-state index >= 15 is 0 Å². The predicted octanol–water partition coefficient (Wildman–Crippen LogP) is 2.28. The van der Waals surface area contributed by atoms with Crippen LogP contribution in [0, 0.1) is 0 Å². The fraction of sp³-hybridized carbons (Fsp3) is 0.176. The van der Waals surface area contributed by atoms with Crippen molar-refractivity contribution in [2.45, 2.75) is 0 Å². The molecular formula is C17H18N4O2. The average Bonchev–Trinajstić information content (AvgIpc) is 3.10. The SMILES string of the molecule is COc1ccc(-n2ncnc2-c2ccc(OCCN)cc2)cc1. The third-order valence-corrected chi connectivity index (χ3v) is 3.36. The number of benzene rings is 2. The van der Waals surface area contributed by atoms with Crippen LogP contribution in [0.4, 0.5) is 0 Å². The summed E-state index contributed by atoms with van der Waals surface area (Å²) in [7, 11) is 1.64. The van der Waals surface area contributed by atoms with E-state index in [1.807, 2.05) is 48.5 Å². The van der Waals surface area contributed by atoms with Crippen molar-refractivity contribution in [2.24, 2.45) is 5.73 Å². The van der Waals surface area contributed by atoms with Crippen LogP contribution < -0.4 is 15.2 Å². The van der Waals surface area contributed by atoms with Crippen LogP contribution >= 0.6 is 0 Å². The summed E-state index contributed by atoms with van der Waals surface area (Å²) < 4.78 is 12.5. The van der Waals surface area contributed by atoms with Gasteiger partial charge in [0.05, 0.1) is 12.8 Å². The van der Waals surface area contributed by atoms with E-state index in [-0.39, 0.29) is 0 Å². The zero-order chi connectivity index (χ0) is 16.1. The minimum Gasteiger partial charge on any atom is -0.497 e. The molecular weight excluding hydrogens is 292 g/mol. The Kier molecular flexibility index (Phi) is 4.54. The molecule has 0 bridgehead atoms. The fourth-order valence-electron chi connectivity index (χ4n) is 2.23. The Bertz CT molecular complexity index is 751. The van der Waals surface area contributed by atoms with Crippen LogP contribution in [0.3, 0.4) is 0 Å². The van der Waals surface area contributed by atoms with E-state index in [1.165, 1.54) is 0 Å². The Morgan fingerprint density at radius 2 is 1.70 bits per heavy atom. The van der Waals surface area contributed by atoms with Gasteiger partial charge in [-0.2, -0.15) is 5.10 Å². The summed E-state index contributed by atoms with van der Waals surface area (Å²) in [5.41, 5.74) is 7.31. The third-order valence-electron chi connectivity index (χ3n) is 3.36. The van der Waals surface area contributed by atoms with E-state index in [2.05, 4.69) is 10.1 Å². The normalized spacial score (nSPS) is 10.5. The second-order valence-electron chi connectivity index (χ2n) is 4.85. The van der Waals surface area contributed by atoms with Crippen LogP contribution in [-0.4, -0.2) is 35.0 Å². The molecule has 1 heterocycles. The third kappa shape index (κ3) is 3.32. The lowest BCUT2D eigenvalue weighted by Crippen LogP contribution is -2.10. The van der Waals surface area contributed by atoms with Crippen molar-refractivity contribution in [3.8, 4) is 28.6 Å². The molecule has 0 amide bonds. The lowest BCUT2D eigenvalue weighted by atomic mass is 10.2. The Labute approximate surface area is 134 Å². The first-order chi connectivity index (χ1) is 11.3. The van der Waals surface area contributed by atoms with Gasteiger partial charge in [-0.1, -0.05) is 0 Å². The standard InChI is InChI=1S/C17H18N4O2/c1-22-15-8-4-14(5-9-15)21-17(19-12-20-21)13-2-6-16(7-3-13)23-11-10-18/h2-9,12H,10-11,18H2,1H3. The van der Waals surface area contributed by atoms with E-state index in [9.17, 15) is 0 Å². The lowest BCUT2D eigenvalue weighted by molar-refractivity contribution is 0.328. The zero-order valence-electron chi connectivity index (χ0n) is 12.8. The van der Waals surface area contributed by atoms with Crippen LogP contribution in [0.2, 0.25) is 0 Å². The summed E-state index contributed by atoms with van der Waals surface area (Å²) in [4.78, 5) is 4.36. The smallest absolute Gasteiger partial charge is 0.163 e. The number of ether oxygens (including phenoxy) is 2. The lowest BCUT2D eigenvalue weighted by Gasteiger charge is -2.08. The minimum atomic E-state index is 0.494. The molecule has 0 aliphatic carbocycles. The molecule has 23 heavy (non-hydrogen) atoms. The van der Waals surface area contributed by atoms with Crippen molar-refractivity contribution in [3.05, 3.63) is 54.9 Å². The van der Waals surface area contributed by atoms with Gasteiger partial charge in [-0.3, -0.25) is 0 Å². The number of hydrogen-bond acceptors (Lipinski definition) is 5. The van der Waals surface area contributed by atoms with Crippen LogP contribution in [-0.2, 0) is 0 Å². The summed E-state index contributed by atoms with van der Waals surface area (Å²) in [6, 6.07) is 15.4. The van der Waals surface area contributed by atoms with Gasteiger partial charge in [0.25, 0.3) is 0 Å². The fourth-order valence-corrected chi connectivity index (χ4v) is 2.23. The van der Waals surface area contributed by atoms with Gasteiger partial charge in [0.1, 0.15) is 24.4 Å². The monoisotopic (exact) mass is 310 g/mol. The van der Waals surface area contributed by atoms with Gasteiger partial charge in [-0.05, 0) is 48.5 Å². The number of methoxy groups -OCH3 is 1. The maximum absolute atomic E-state index is 5.49. The molecule has 0 atom stereocenters. The highest BCUT2D eigenvalue weighted by Crippen LogP contribution is 2.23. The first kappa shape index (κ1) is 15.1. The largest absolute Gasteiger partial charge is 0.497 e. The second kappa shape index (κ2) is 6.93. The number of hydrogen-bond donors (Lipinski definition) is 1. The Morgan fingerprint density at radius 3 is 2.35 bits per heavy atom. The number of rotatable bonds is 6. The van der Waals surface area contributed by atoms with Gasteiger partial charge in [-0.25, -0.2) is 9.67 Å². The van der Waals surface area contributed by atoms with Crippen molar-refractivity contribution in [1.82, 2.24) is 14.8 Å². The molecule has 0 aliphatic rings. The van der Waals surface area contributed by atoms with Crippen molar-refractivity contribution in [2.75, 3.05) is 20.3 Å². The maximum atomic E-state index is 5.49. The molecule has 0 saturated heterocycles. The van der Waals surface area contributed by atoms with Gasteiger partial charge >= 0.3 is 0 Å². The first-order valence-electron chi connectivity index (χ1n) is 7.29. The topological polar surface area (TPSA) is 75.2 Å². The highest BCUT2D eigenvalue weighted by atomic mass is 16.5. The van der Waals surface area contributed by atoms with Gasteiger partial charge < -0.3 is 15.2 Å². The molecule has 6 heteroatoms. The van der Waals surface area contributed by atoms with E-state index < -0.39 is 0 Å². The molecule has 0 saturated carbocycles. The summed E-state index contributed by atoms with van der Waals surface area (Å²) in [6.45, 7) is 0.995. The molecule has 1 aromatic heterocycles.